The summed E-state index contributed by atoms with van der Waals surface area (Å²) in [5, 5.41) is 26.7. The first-order valence-corrected chi connectivity index (χ1v) is 12.0. The molecule has 12 heteroatoms. The van der Waals surface area contributed by atoms with Crippen LogP contribution in [0.25, 0.3) is 0 Å². The van der Waals surface area contributed by atoms with Crippen molar-refractivity contribution in [3.63, 3.8) is 0 Å². The fourth-order valence-corrected chi connectivity index (χ4v) is 4.15. The normalized spacial score (nSPS) is 17.0. The van der Waals surface area contributed by atoms with Crippen LogP contribution in [0.4, 0.5) is 0 Å². The number of phenols is 1. The highest BCUT2D eigenvalue weighted by atomic mass is 16.5. The molecule has 37 heavy (non-hydrogen) atoms. The summed E-state index contributed by atoms with van der Waals surface area (Å²) >= 11 is 0. The molecule has 1 aromatic carbocycles. The van der Waals surface area contributed by atoms with E-state index in [1.54, 1.807) is 17.0 Å². The number of piperazine rings is 1. The van der Waals surface area contributed by atoms with Crippen LogP contribution in [0.1, 0.15) is 40.0 Å². The molecule has 200 valence electrons. The minimum Gasteiger partial charge on any atom is -0.507 e. The molecule has 1 saturated heterocycles. The highest BCUT2D eigenvalue weighted by Crippen LogP contribution is 2.28. The largest absolute Gasteiger partial charge is 0.507 e. The van der Waals surface area contributed by atoms with Crippen molar-refractivity contribution in [2.24, 2.45) is 5.73 Å². The van der Waals surface area contributed by atoms with E-state index < -0.39 is 17.7 Å². The molecule has 0 aliphatic carbocycles. The molecule has 1 amide bonds. The molecule has 2 aromatic rings. The Morgan fingerprint density at radius 2 is 2.14 bits per heavy atom. The van der Waals surface area contributed by atoms with E-state index in [-0.39, 0.29) is 36.0 Å². The number of methoxy groups -OCH3 is 1. The predicted molar refractivity (Wildman–Crippen MR) is 134 cm³/mol. The van der Waals surface area contributed by atoms with Crippen LogP contribution in [-0.4, -0.2) is 89.9 Å². The summed E-state index contributed by atoms with van der Waals surface area (Å²) in [5.41, 5.74) is 4.28. The Bertz CT molecular complexity index is 1080. The number of nitrogens with one attached hydrogen (secondary N) is 2. The van der Waals surface area contributed by atoms with Crippen molar-refractivity contribution in [2.45, 2.75) is 31.0 Å². The Balaban J connectivity index is 1.88. The second-order valence-electron chi connectivity index (χ2n) is 8.68. The molecule has 12 nitrogen and oxygen atoms in total. The van der Waals surface area contributed by atoms with E-state index in [9.17, 15) is 24.6 Å². The number of carboxylic acid groups (broad SMARTS) is 1. The third-order valence-electron chi connectivity index (χ3n) is 6.24. The molecule has 1 fully saturated rings. The number of aldehydes is 1. The monoisotopic (exact) mass is 515 g/mol. The SMILES string of the molecule is COc1ccc(C(=O)N2CCNCC2N[C@@](CCCCN)(COc2cccc(O)c2C=O)C(=O)O)cn1. The van der Waals surface area contributed by atoms with E-state index in [2.05, 4.69) is 15.6 Å². The molecule has 0 bridgehead atoms. The molecule has 2 heterocycles. The van der Waals surface area contributed by atoms with Gasteiger partial charge >= 0.3 is 5.97 Å². The van der Waals surface area contributed by atoms with Gasteiger partial charge < -0.3 is 35.6 Å². The molecule has 1 aliphatic heterocycles. The number of hydrogen-bond donors (Lipinski definition) is 5. The van der Waals surface area contributed by atoms with Gasteiger partial charge in [-0.15, -0.1) is 0 Å². The Hall–Kier alpha value is -3.74. The second kappa shape index (κ2) is 13.0. The van der Waals surface area contributed by atoms with Crippen LogP contribution in [0.5, 0.6) is 17.4 Å². The van der Waals surface area contributed by atoms with E-state index in [0.29, 0.717) is 56.8 Å². The van der Waals surface area contributed by atoms with E-state index in [0.717, 1.165) is 0 Å². The Labute approximate surface area is 214 Å². The molecular formula is C25H33N5O7. The first kappa shape index (κ1) is 27.8. The van der Waals surface area contributed by atoms with Crippen molar-refractivity contribution in [2.75, 3.05) is 39.9 Å². The van der Waals surface area contributed by atoms with E-state index >= 15 is 0 Å². The zero-order valence-electron chi connectivity index (χ0n) is 20.7. The van der Waals surface area contributed by atoms with Crippen LogP contribution in [-0.2, 0) is 4.79 Å². The number of unbranched alkanes of at least 4 members (excludes halogenated alkanes) is 1. The fourth-order valence-electron chi connectivity index (χ4n) is 4.15. The van der Waals surface area contributed by atoms with Crippen molar-refractivity contribution >= 4 is 18.2 Å². The van der Waals surface area contributed by atoms with Crippen LogP contribution < -0.4 is 25.8 Å². The number of benzene rings is 1. The lowest BCUT2D eigenvalue weighted by atomic mass is 9.92. The van der Waals surface area contributed by atoms with E-state index in [4.69, 9.17) is 15.2 Å². The van der Waals surface area contributed by atoms with Crippen LogP contribution >= 0.6 is 0 Å². The number of ether oxygens (including phenoxy) is 2. The summed E-state index contributed by atoms with van der Waals surface area (Å²) in [7, 11) is 1.48. The lowest BCUT2D eigenvalue weighted by Gasteiger charge is -2.42. The topological polar surface area (TPSA) is 176 Å². The van der Waals surface area contributed by atoms with Gasteiger partial charge in [-0.05, 0) is 44.0 Å². The lowest BCUT2D eigenvalue weighted by Crippen LogP contribution is -2.68. The van der Waals surface area contributed by atoms with Gasteiger partial charge in [-0.3, -0.25) is 19.7 Å². The predicted octanol–water partition coefficient (Wildman–Crippen LogP) is 0.601. The third kappa shape index (κ3) is 6.73. The molecule has 0 saturated carbocycles. The molecule has 3 rings (SSSR count). The number of nitrogens with zero attached hydrogens (tertiary/aromatic N) is 2. The van der Waals surface area contributed by atoms with E-state index in [1.807, 2.05) is 0 Å². The lowest BCUT2D eigenvalue weighted by molar-refractivity contribution is -0.148. The number of aromatic nitrogens is 1. The molecule has 2 atom stereocenters. The number of carboxylic acids is 1. The van der Waals surface area contributed by atoms with Crippen molar-refractivity contribution in [1.29, 1.82) is 0 Å². The number of carbonyl (C=O) groups excluding carboxylic acids is 2. The summed E-state index contributed by atoms with van der Waals surface area (Å²) in [6, 6.07) is 7.50. The van der Waals surface area contributed by atoms with E-state index in [1.165, 1.54) is 31.5 Å². The molecule has 0 spiro atoms. The van der Waals surface area contributed by atoms with Gasteiger partial charge in [0.15, 0.2) is 11.8 Å². The van der Waals surface area contributed by atoms with Crippen LogP contribution in [0.15, 0.2) is 36.5 Å². The van der Waals surface area contributed by atoms with Gasteiger partial charge in [-0.2, -0.15) is 0 Å². The zero-order valence-corrected chi connectivity index (χ0v) is 20.7. The maximum Gasteiger partial charge on any atom is 0.327 e. The number of phenolic OH excluding ortho intramolecular Hbond substituents is 1. The minimum atomic E-state index is -1.62. The van der Waals surface area contributed by atoms with Gasteiger partial charge in [0.25, 0.3) is 5.91 Å². The maximum atomic E-state index is 13.3. The number of pyridine rings is 1. The zero-order chi connectivity index (χ0) is 26.8. The van der Waals surface area contributed by atoms with Gasteiger partial charge in [0.1, 0.15) is 18.1 Å². The Kier molecular flexibility index (Phi) is 9.78. The van der Waals surface area contributed by atoms with Crippen molar-refractivity contribution in [3.05, 3.63) is 47.7 Å². The third-order valence-corrected chi connectivity index (χ3v) is 6.24. The summed E-state index contributed by atoms with van der Waals surface area (Å²) in [4.78, 5) is 43.2. The number of aromatic hydroxyl groups is 1. The maximum absolute atomic E-state index is 13.3. The summed E-state index contributed by atoms with van der Waals surface area (Å²) < 4.78 is 10.9. The molecule has 0 radical (unpaired) electrons. The standard InChI is InChI=1S/C25H33N5O7/c1-36-22-8-7-17(13-28-22)23(33)30-12-11-27-14-21(30)29-25(24(34)35,9-2-3-10-26)16-37-20-6-4-5-19(32)18(20)15-31/h4-8,13,15,21,27,29,32H,2-3,9-12,14,16,26H2,1H3,(H,34,35)/t21?,25-/m0/s1. The number of nitrogens with two attached hydrogens (primary N) is 1. The number of carbonyl (C=O) groups is 3. The Morgan fingerprint density at radius 3 is 2.78 bits per heavy atom. The van der Waals surface area contributed by atoms with Crippen LogP contribution in [0, 0.1) is 0 Å². The van der Waals surface area contributed by atoms with Gasteiger partial charge in [0.05, 0.1) is 24.4 Å². The van der Waals surface area contributed by atoms with Crippen molar-refractivity contribution in [3.8, 4) is 17.4 Å². The van der Waals surface area contributed by atoms with Gasteiger partial charge in [-0.1, -0.05) is 6.07 Å². The molecule has 1 unspecified atom stereocenters. The summed E-state index contributed by atoms with van der Waals surface area (Å²) in [6.07, 6.45) is 2.40. The number of aliphatic carboxylic acids is 1. The minimum absolute atomic E-state index is 0.0558. The molecule has 1 aliphatic rings. The van der Waals surface area contributed by atoms with Gasteiger partial charge in [0, 0.05) is 31.9 Å². The quantitative estimate of drug-likeness (QED) is 0.186. The highest BCUT2D eigenvalue weighted by molar-refractivity contribution is 5.94. The van der Waals surface area contributed by atoms with Crippen molar-refractivity contribution < 1.29 is 34.1 Å². The second-order valence-corrected chi connectivity index (χ2v) is 8.68. The van der Waals surface area contributed by atoms with Crippen LogP contribution in [0.3, 0.4) is 0 Å². The summed E-state index contributed by atoms with van der Waals surface area (Å²) in [5.74, 6) is -1.34. The average molecular weight is 516 g/mol. The average Bonchev–Trinajstić information content (AvgIpc) is 2.91. The summed E-state index contributed by atoms with van der Waals surface area (Å²) in [6.45, 7) is 1.19. The molecule has 1 aromatic heterocycles. The number of hydrogen-bond acceptors (Lipinski definition) is 10. The number of amides is 1. The van der Waals surface area contributed by atoms with Crippen molar-refractivity contribution in [1.82, 2.24) is 20.5 Å². The highest BCUT2D eigenvalue weighted by Gasteiger charge is 2.43. The molecule has 6 N–H and O–H groups in total. The van der Waals surface area contributed by atoms with Crippen LogP contribution in [0.2, 0.25) is 0 Å². The fraction of sp³-hybridized carbons (Fsp3) is 0.440. The first-order valence-electron chi connectivity index (χ1n) is 12.0. The first-order chi connectivity index (χ1) is 17.8. The van der Waals surface area contributed by atoms with Gasteiger partial charge in [-0.25, -0.2) is 4.98 Å². The molecular weight excluding hydrogens is 482 g/mol. The smallest absolute Gasteiger partial charge is 0.327 e. The number of rotatable bonds is 13. The van der Waals surface area contributed by atoms with Gasteiger partial charge in [0.2, 0.25) is 5.88 Å². The Morgan fingerprint density at radius 1 is 1.32 bits per heavy atom.